The Morgan fingerprint density at radius 3 is 2.89 bits per heavy atom. The molecule has 0 fully saturated rings. The lowest BCUT2D eigenvalue weighted by Gasteiger charge is -2.05. The van der Waals surface area contributed by atoms with E-state index < -0.39 is 11.9 Å². The smallest absolute Gasteiger partial charge is 0.328 e. The van der Waals surface area contributed by atoms with E-state index in [0.717, 1.165) is 29.0 Å². The van der Waals surface area contributed by atoms with Crippen molar-refractivity contribution in [2.24, 2.45) is 0 Å². The Morgan fingerprint density at radius 2 is 2.16 bits per heavy atom. The van der Waals surface area contributed by atoms with Crippen molar-refractivity contribution in [3.63, 3.8) is 0 Å². The Hall–Kier alpha value is -2.63. The molecule has 1 aliphatic rings. The first-order valence-electron chi connectivity index (χ1n) is 5.65. The van der Waals surface area contributed by atoms with E-state index in [2.05, 4.69) is 10.6 Å². The van der Waals surface area contributed by atoms with Gasteiger partial charge in [0.15, 0.2) is 0 Å². The van der Waals surface area contributed by atoms with Crippen molar-refractivity contribution in [1.82, 2.24) is 5.32 Å². The maximum absolute atomic E-state index is 11.3. The first-order valence-corrected chi connectivity index (χ1v) is 5.65. The van der Waals surface area contributed by atoms with Crippen molar-refractivity contribution in [1.29, 1.82) is 0 Å². The van der Waals surface area contributed by atoms with Crippen molar-refractivity contribution < 1.29 is 19.5 Å². The lowest BCUT2D eigenvalue weighted by atomic mass is 10.1. The summed E-state index contributed by atoms with van der Waals surface area (Å²) in [6.45, 7) is 0.282. The van der Waals surface area contributed by atoms with Gasteiger partial charge in [0.2, 0.25) is 11.8 Å². The summed E-state index contributed by atoms with van der Waals surface area (Å²) in [7, 11) is 0. The standard InChI is InChI=1S/C13H12N2O4/c16-11(3-4-13(18)19)14-7-8-1-2-10-9(5-8)6-12(17)15-10/h1-5H,6-7H2,(H,14,16)(H,15,17)(H,18,19)/b4-3+. The molecule has 1 heterocycles. The van der Waals surface area contributed by atoms with Crippen molar-refractivity contribution in [3.8, 4) is 0 Å². The van der Waals surface area contributed by atoms with Crippen LogP contribution in [0.4, 0.5) is 5.69 Å². The van der Waals surface area contributed by atoms with Gasteiger partial charge in [0.25, 0.3) is 0 Å². The SMILES string of the molecule is O=C(O)/C=C/C(=O)NCc1ccc2c(c1)CC(=O)N2. The number of carboxylic acids is 1. The number of benzene rings is 1. The molecule has 1 aliphatic heterocycles. The average molecular weight is 260 g/mol. The summed E-state index contributed by atoms with van der Waals surface area (Å²) in [4.78, 5) is 32.7. The molecule has 6 heteroatoms. The Bertz CT molecular complexity index is 578. The molecule has 6 nitrogen and oxygen atoms in total. The number of aliphatic carboxylic acids is 1. The van der Waals surface area contributed by atoms with Gasteiger partial charge in [-0.2, -0.15) is 0 Å². The fourth-order valence-corrected chi connectivity index (χ4v) is 1.79. The highest BCUT2D eigenvalue weighted by molar-refractivity contribution is 5.99. The zero-order valence-corrected chi connectivity index (χ0v) is 9.97. The molecule has 98 valence electrons. The number of hydrogen-bond donors (Lipinski definition) is 3. The summed E-state index contributed by atoms with van der Waals surface area (Å²) in [6.07, 6.45) is 2.08. The van der Waals surface area contributed by atoms with Gasteiger partial charge in [-0.15, -0.1) is 0 Å². The quantitative estimate of drug-likeness (QED) is 0.684. The first kappa shape index (κ1) is 12.8. The molecule has 0 saturated carbocycles. The second kappa shape index (κ2) is 5.34. The number of anilines is 1. The van der Waals surface area contributed by atoms with E-state index in [1.807, 2.05) is 6.07 Å². The van der Waals surface area contributed by atoms with Gasteiger partial charge < -0.3 is 15.7 Å². The Kier molecular flexibility index (Phi) is 3.61. The summed E-state index contributed by atoms with van der Waals surface area (Å²) in [6, 6.07) is 5.43. The molecule has 2 rings (SSSR count). The van der Waals surface area contributed by atoms with Crippen LogP contribution < -0.4 is 10.6 Å². The van der Waals surface area contributed by atoms with Crippen LogP contribution >= 0.6 is 0 Å². The van der Waals surface area contributed by atoms with Gasteiger partial charge in [-0.3, -0.25) is 9.59 Å². The molecule has 0 aromatic heterocycles. The second-order valence-electron chi connectivity index (χ2n) is 4.11. The lowest BCUT2D eigenvalue weighted by Crippen LogP contribution is -2.20. The molecule has 0 aliphatic carbocycles. The van der Waals surface area contributed by atoms with Crippen LogP contribution in [0.1, 0.15) is 11.1 Å². The van der Waals surface area contributed by atoms with Gasteiger partial charge in [0.1, 0.15) is 0 Å². The number of carbonyl (C=O) groups is 3. The molecule has 0 bridgehead atoms. The van der Waals surface area contributed by atoms with Crippen molar-refractivity contribution in [3.05, 3.63) is 41.5 Å². The van der Waals surface area contributed by atoms with Crippen LogP contribution in [0.5, 0.6) is 0 Å². The topological polar surface area (TPSA) is 95.5 Å². The number of hydrogen-bond acceptors (Lipinski definition) is 3. The third kappa shape index (κ3) is 3.41. The summed E-state index contributed by atoms with van der Waals surface area (Å²) in [5, 5.41) is 13.7. The molecule has 0 atom stereocenters. The van der Waals surface area contributed by atoms with Crippen molar-refractivity contribution >= 4 is 23.5 Å². The van der Waals surface area contributed by atoms with Crippen LogP contribution in [0.2, 0.25) is 0 Å². The van der Waals surface area contributed by atoms with Gasteiger partial charge in [-0.05, 0) is 17.2 Å². The van der Waals surface area contributed by atoms with E-state index >= 15 is 0 Å². The third-order valence-corrected chi connectivity index (χ3v) is 2.64. The maximum atomic E-state index is 11.3. The van der Waals surface area contributed by atoms with Crippen LogP contribution in [0.3, 0.4) is 0 Å². The highest BCUT2D eigenvalue weighted by atomic mass is 16.4. The van der Waals surface area contributed by atoms with E-state index in [9.17, 15) is 14.4 Å². The zero-order chi connectivity index (χ0) is 13.8. The number of amides is 2. The summed E-state index contributed by atoms with van der Waals surface area (Å²) >= 11 is 0. The molecule has 0 saturated heterocycles. The maximum Gasteiger partial charge on any atom is 0.328 e. The van der Waals surface area contributed by atoms with Gasteiger partial charge in [-0.1, -0.05) is 12.1 Å². The fraction of sp³-hybridized carbons (Fsp3) is 0.154. The van der Waals surface area contributed by atoms with Gasteiger partial charge >= 0.3 is 5.97 Å². The van der Waals surface area contributed by atoms with Gasteiger partial charge in [-0.25, -0.2) is 4.79 Å². The number of nitrogens with one attached hydrogen (secondary N) is 2. The fourth-order valence-electron chi connectivity index (χ4n) is 1.79. The lowest BCUT2D eigenvalue weighted by molar-refractivity contribution is -0.131. The predicted molar refractivity (Wildman–Crippen MR) is 67.4 cm³/mol. The molecular weight excluding hydrogens is 248 g/mol. The molecule has 3 N–H and O–H groups in total. The molecule has 2 amide bonds. The third-order valence-electron chi connectivity index (χ3n) is 2.64. The normalized spacial score (nSPS) is 13.2. The van der Waals surface area contributed by atoms with Crippen molar-refractivity contribution in [2.45, 2.75) is 13.0 Å². The van der Waals surface area contributed by atoms with Crippen molar-refractivity contribution in [2.75, 3.05) is 5.32 Å². The number of carbonyl (C=O) groups excluding carboxylic acids is 2. The van der Waals surface area contributed by atoms with E-state index in [1.165, 1.54) is 0 Å². The minimum atomic E-state index is -1.17. The minimum absolute atomic E-state index is 0.0411. The van der Waals surface area contributed by atoms with Gasteiger partial charge in [0, 0.05) is 24.4 Å². The molecule has 0 unspecified atom stereocenters. The minimum Gasteiger partial charge on any atom is -0.478 e. The van der Waals surface area contributed by atoms with Crippen LogP contribution in [0.25, 0.3) is 0 Å². The summed E-state index contributed by atoms with van der Waals surface area (Å²) < 4.78 is 0. The molecular formula is C13H12N2O4. The molecule has 0 spiro atoms. The van der Waals surface area contributed by atoms with E-state index in [-0.39, 0.29) is 12.5 Å². The van der Waals surface area contributed by atoms with E-state index in [1.54, 1.807) is 12.1 Å². The Balaban J connectivity index is 1.94. The molecule has 1 aromatic carbocycles. The Morgan fingerprint density at radius 1 is 1.37 bits per heavy atom. The number of carboxylic acid groups (broad SMARTS) is 1. The summed E-state index contributed by atoms with van der Waals surface area (Å²) in [5.41, 5.74) is 2.55. The second-order valence-corrected chi connectivity index (χ2v) is 4.11. The van der Waals surface area contributed by atoms with E-state index in [0.29, 0.717) is 6.42 Å². The largest absolute Gasteiger partial charge is 0.478 e. The number of rotatable bonds is 4. The highest BCUT2D eigenvalue weighted by Gasteiger charge is 2.17. The van der Waals surface area contributed by atoms with Crippen LogP contribution in [-0.4, -0.2) is 22.9 Å². The van der Waals surface area contributed by atoms with Crippen LogP contribution in [0, 0.1) is 0 Å². The zero-order valence-electron chi connectivity index (χ0n) is 9.97. The highest BCUT2D eigenvalue weighted by Crippen LogP contribution is 2.23. The van der Waals surface area contributed by atoms with Crippen LogP contribution in [0.15, 0.2) is 30.4 Å². The summed E-state index contributed by atoms with van der Waals surface area (Å²) in [5.74, 6) is -1.69. The molecule has 19 heavy (non-hydrogen) atoms. The van der Waals surface area contributed by atoms with Gasteiger partial charge in [0.05, 0.1) is 6.42 Å². The van der Waals surface area contributed by atoms with E-state index in [4.69, 9.17) is 5.11 Å². The average Bonchev–Trinajstić information content (AvgIpc) is 2.73. The monoisotopic (exact) mass is 260 g/mol. The number of fused-ring (bicyclic) bond motifs is 1. The predicted octanol–water partition coefficient (Wildman–Crippen LogP) is 0.438. The first-order chi connectivity index (χ1) is 9.04. The van der Waals surface area contributed by atoms with Crippen LogP contribution in [-0.2, 0) is 27.3 Å². The Labute approximate surface area is 109 Å². The molecule has 0 radical (unpaired) electrons. The molecule has 1 aromatic rings.